The largest absolute Gasteiger partial charge is 0.382 e. The minimum atomic E-state index is -0.128. The van der Waals surface area contributed by atoms with Crippen LogP contribution in [0, 0.1) is 6.92 Å². The molecule has 0 saturated heterocycles. The van der Waals surface area contributed by atoms with Crippen LogP contribution in [0.1, 0.15) is 37.9 Å². The number of ketones is 2. The fourth-order valence-corrected chi connectivity index (χ4v) is 3.45. The Morgan fingerprint density at radius 3 is 2.26 bits per heavy atom. The molecule has 0 aliphatic heterocycles. The molecule has 0 amide bonds. The summed E-state index contributed by atoms with van der Waals surface area (Å²) in [5, 5.41) is 0. The molecule has 0 spiro atoms. The molecule has 0 atom stereocenters. The zero-order valence-corrected chi connectivity index (χ0v) is 16.0. The van der Waals surface area contributed by atoms with Crippen LogP contribution in [0.4, 0.5) is 0 Å². The SMILES string of the molecule is COCCOCCn1c2c([n+](CCOC)c1C)C(=O)c1ccccc1C2=O. The number of hydrogen-bond acceptors (Lipinski definition) is 5. The standard InChI is InChI=1S/C20H25N2O5/c1-14-21(8-10-25-2)17-18(22(14)9-11-27-13-12-26-3)20(24)16-7-5-4-6-15(16)19(17)23/h4-7H,8-13H2,1-3H3/q+1. The molecule has 1 aromatic carbocycles. The van der Waals surface area contributed by atoms with Crippen LogP contribution in [-0.2, 0) is 27.3 Å². The first kappa shape index (κ1) is 19.4. The van der Waals surface area contributed by atoms with E-state index in [-0.39, 0.29) is 11.6 Å². The first-order valence-electron chi connectivity index (χ1n) is 8.98. The molecule has 0 N–H and O–H groups in total. The second kappa shape index (κ2) is 8.56. The van der Waals surface area contributed by atoms with Gasteiger partial charge in [-0.25, -0.2) is 9.13 Å². The molecule has 0 fully saturated rings. The van der Waals surface area contributed by atoms with Crippen LogP contribution in [0.2, 0.25) is 0 Å². The van der Waals surface area contributed by atoms with Gasteiger partial charge in [-0.15, -0.1) is 0 Å². The van der Waals surface area contributed by atoms with Gasteiger partial charge < -0.3 is 14.2 Å². The van der Waals surface area contributed by atoms with E-state index >= 15 is 0 Å². The van der Waals surface area contributed by atoms with E-state index < -0.39 is 0 Å². The Hall–Kier alpha value is -2.35. The van der Waals surface area contributed by atoms with Gasteiger partial charge in [-0.05, 0) is 0 Å². The van der Waals surface area contributed by atoms with Crippen molar-refractivity contribution in [2.75, 3.05) is 40.6 Å². The van der Waals surface area contributed by atoms with E-state index in [9.17, 15) is 9.59 Å². The zero-order chi connectivity index (χ0) is 19.4. The van der Waals surface area contributed by atoms with Crippen molar-refractivity contribution < 1.29 is 28.4 Å². The number of imidazole rings is 1. The lowest BCUT2D eigenvalue weighted by Gasteiger charge is -2.13. The minimum absolute atomic E-state index is 0.126. The van der Waals surface area contributed by atoms with Gasteiger partial charge in [0.1, 0.15) is 13.1 Å². The Morgan fingerprint density at radius 1 is 0.926 bits per heavy atom. The second-order valence-corrected chi connectivity index (χ2v) is 6.35. The highest BCUT2D eigenvalue weighted by Crippen LogP contribution is 2.27. The number of fused-ring (bicyclic) bond motifs is 2. The molecule has 7 heteroatoms. The lowest BCUT2D eigenvalue weighted by atomic mass is 9.90. The van der Waals surface area contributed by atoms with Crippen LogP contribution in [0.3, 0.4) is 0 Å². The molecule has 0 bridgehead atoms. The van der Waals surface area contributed by atoms with Crippen molar-refractivity contribution >= 4 is 11.6 Å². The highest BCUT2D eigenvalue weighted by molar-refractivity contribution is 6.26. The van der Waals surface area contributed by atoms with Crippen molar-refractivity contribution in [2.24, 2.45) is 0 Å². The Balaban J connectivity index is 2.01. The number of carbonyl (C=O) groups is 2. The van der Waals surface area contributed by atoms with Crippen LogP contribution in [-0.4, -0.2) is 56.8 Å². The highest BCUT2D eigenvalue weighted by atomic mass is 16.5. The number of aromatic nitrogens is 2. The third-order valence-corrected chi connectivity index (χ3v) is 4.80. The molecule has 1 heterocycles. The second-order valence-electron chi connectivity index (χ2n) is 6.35. The minimum Gasteiger partial charge on any atom is -0.382 e. The summed E-state index contributed by atoms with van der Waals surface area (Å²) < 4.78 is 19.5. The Morgan fingerprint density at radius 2 is 1.59 bits per heavy atom. The first-order valence-corrected chi connectivity index (χ1v) is 8.98. The number of carbonyl (C=O) groups excluding carboxylic acids is 2. The van der Waals surface area contributed by atoms with Crippen molar-refractivity contribution in [1.82, 2.24) is 4.57 Å². The molecule has 27 heavy (non-hydrogen) atoms. The van der Waals surface area contributed by atoms with Crippen LogP contribution >= 0.6 is 0 Å². The molecule has 1 aliphatic rings. The van der Waals surface area contributed by atoms with Gasteiger partial charge in [0.2, 0.25) is 23.0 Å². The van der Waals surface area contributed by atoms with E-state index in [2.05, 4.69) is 0 Å². The Labute approximate surface area is 158 Å². The van der Waals surface area contributed by atoms with E-state index in [4.69, 9.17) is 14.2 Å². The van der Waals surface area contributed by atoms with Gasteiger partial charge in [-0.3, -0.25) is 9.59 Å². The molecule has 144 valence electrons. The highest BCUT2D eigenvalue weighted by Gasteiger charge is 2.42. The lowest BCUT2D eigenvalue weighted by Crippen LogP contribution is -2.44. The van der Waals surface area contributed by atoms with Crippen LogP contribution < -0.4 is 4.57 Å². The van der Waals surface area contributed by atoms with Crippen molar-refractivity contribution in [3.63, 3.8) is 0 Å². The van der Waals surface area contributed by atoms with Crippen LogP contribution in [0.25, 0.3) is 0 Å². The van der Waals surface area contributed by atoms with Crippen molar-refractivity contribution in [2.45, 2.75) is 20.0 Å². The van der Waals surface area contributed by atoms with Gasteiger partial charge in [0.05, 0.1) is 26.4 Å². The molecule has 0 unspecified atom stereocenters. The summed E-state index contributed by atoms with van der Waals surface area (Å²) in [5.41, 5.74) is 1.77. The van der Waals surface area contributed by atoms with Gasteiger partial charge in [-0.1, -0.05) is 24.3 Å². The monoisotopic (exact) mass is 373 g/mol. The van der Waals surface area contributed by atoms with Crippen molar-refractivity contribution in [1.29, 1.82) is 0 Å². The molecule has 7 nitrogen and oxygen atoms in total. The number of hydrogen-bond donors (Lipinski definition) is 0. The maximum Gasteiger partial charge on any atom is 0.254 e. The van der Waals surface area contributed by atoms with Gasteiger partial charge in [0.15, 0.2) is 0 Å². The molecular formula is C20H25N2O5+. The molecule has 3 rings (SSSR count). The average Bonchev–Trinajstić information content (AvgIpc) is 2.96. The van der Waals surface area contributed by atoms with Gasteiger partial charge in [0, 0.05) is 32.3 Å². The van der Waals surface area contributed by atoms with Crippen molar-refractivity contribution in [3.05, 3.63) is 52.6 Å². The fraction of sp³-hybridized carbons (Fsp3) is 0.450. The third kappa shape index (κ3) is 3.58. The lowest BCUT2D eigenvalue weighted by molar-refractivity contribution is -0.705. The summed E-state index contributed by atoms with van der Waals surface area (Å²) in [6.07, 6.45) is 0. The fourth-order valence-electron chi connectivity index (χ4n) is 3.45. The normalized spacial score (nSPS) is 13.0. The summed E-state index contributed by atoms with van der Waals surface area (Å²) in [7, 11) is 3.24. The number of methoxy groups -OCH3 is 2. The smallest absolute Gasteiger partial charge is 0.254 e. The molecule has 1 aliphatic carbocycles. The van der Waals surface area contributed by atoms with Crippen molar-refractivity contribution in [3.8, 4) is 0 Å². The Kier molecular flexibility index (Phi) is 6.15. The zero-order valence-electron chi connectivity index (χ0n) is 16.0. The first-order chi connectivity index (χ1) is 13.1. The number of nitrogens with zero attached hydrogens (tertiary/aromatic N) is 2. The number of ether oxygens (including phenoxy) is 3. The number of benzene rings is 1. The summed E-state index contributed by atoms with van der Waals surface area (Å²) in [6.45, 7) is 4.78. The summed E-state index contributed by atoms with van der Waals surface area (Å²) in [6, 6.07) is 6.98. The van der Waals surface area contributed by atoms with Crippen LogP contribution in [0.5, 0.6) is 0 Å². The van der Waals surface area contributed by atoms with E-state index in [1.54, 1.807) is 38.5 Å². The van der Waals surface area contributed by atoms with Crippen LogP contribution in [0.15, 0.2) is 24.3 Å². The maximum absolute atomic E-state index is 13.2. The molecule has 1 aromatic heterocycles. The van der Waals surface area contributed by atoms with Gasteiger partial charge >= 0.3 is 0 Å². The van der Waals surface area contributed by atoms with Gasteiger partial charge in [0.25, 0.3) is 5.82 Å². The summed E-state index contributed by atoms with van der Waals surface area (Å²) in [5.74, 6) is 0.580. The summed E-state index contributed by atoms with van der Waals surface area (Å²) in [4.78, 5) is 26.3. The summed E-state index contributed by atoms with van der Waals surface area (Å²) >= 11 is 0. The van der Waals surface area contributed by atoms with Gasteiger partial charge in [-0.2, -0.15) is 0 Å². The molecule has 0 radical (unpaired) electrons. The third-order valence-electron chi connectivity index (χ3n) is 4.80. The van der Waals surface area contributed by atoms with E-state index in [0.717, 1.165) is 5.82 Å². The quantitative estimate of drug-likeness (QED) is 0.416. The Bertz CT molecular complexity index is 856. The van der Waals surface area contributed by atoms with E-state index in [1.807, 2.05) is 16.1 Å². The van der Waals surface area contributed by atoms with E-state index in [1.165, 1.54) is 0 Å². The number of rotatable bonds is 9. The average molecular weight is 373 g/mol. The topological polar surface area (TPSA) is 70.6 Å². The maximum atomic E-state index is 13.2. The molecule has 0 saturated carbocycles. The predicted octanol–water partition coefficient (Wildman–Crippen LogP) is 1.17. The van der Waals surface area contributed by atoms with E-state index in [0.29, 0.717) is 62.0 Å². The molecular weight excluding hydrogens is 348 g/mol. The molecule has 2 aromatic rings. The predicted molar refractivity (Wildman–Crippen MR) is 97.2 cm³/mol.